The second-order valence-electron chi connectivity index (χ2n) is 7.78. The number of hydrogen-bond acceptors (Lipinski definition) is 8. The van der Waals surface area contributed by atoms with Crippen LogP contribution in [0.5, 0.6) is 5.88 Å². The van der Waals surface area contributed by atoms with Crippen molar-refractivity contribution in [3.63, 3.8) is 0 Å². The van der Waals surface area contributed by atoms with Gasteiger partial charge in [-0.2, -0.15) is 31.4 Å². The smallest absolute Gasteiger partial charge is 0.475 e. The Labute approximate surface area is 210 Å². The Morgan fingerprint density at radius 1 is 1.05 bits per heavy atom. The monoisotopic (exact) mass is 558 g/mol. The molecule has 4 heterocycles. The van der Waals surface area contributed by atoms with Gasteiger partial charge in [0.05, 0.1) is 18.3 Å². The van der Waals surface area contributed by atoms with Crippen LogP contribution >= 0.6 is 0 Å². The summed E-state index contributed by atoms with van der Waals surface area (Å²) in [6.45, 7) is 3.17. The minimum absolute atomic E-state index is 0.0206. The summed E-state index contributed by atoms with van der Waals surface area (Å²) in [4.78, 5) is 23.9. The van der Waals surface area contributed by atoms with Gasteiger partial charge >= 0.3 is 24.3 Å². The highest BCUT2D eigenvalue weighted by molar-refractivity contribution is 5.73. The Hall–Kier alpha value is -3.76. The molecule has 2 aliphatic rings. The van der Waals surface area contributed by atoms with E-state index in [0.717, 1.165) is 24.4 Å². The number of ether oxygens (including phenoxy) is 2. The van der Waals surface area contributed by atoms with Crippen LogP contribution in [0.2, 0.25) is 0 Å². The lowest BCUT2D eigenvalue weighted by molar-refractivity contribution is -0.193. The van der Waals surface area contributed by atoms with Gasteiger partial charge in [0.1, 0.15) is 12.2 Å². The summed E-state index contributed by atoms with van der Waals surface area (Å²) in [5.41, 5.74) is 0.873. The number of anilines is 1. The number of aliphatic carboxylic acids is 2. The Morgan fingerprint density at radius 3 is 2.16 bits per heavy atom. The third-order valence-corrected chi connectivity index (χ3v) is 5.03. The van der Waals surface area contributed by atoms with Gasteiger partial charge in [-0.1, -0.05) is 0 Å². The number of carboxylic acid groups (broad SMARTS) is 2. The summed E-state index contributed by atoms with van der Waals surface area (Å²) in [7, 11) is 0. The van der Waals surface area contributed by atoms with Crippen LogP contribution in [0.1, 0.15) is 18.5 Å². The molecule has 2 N–H and O–H groups in total. The van der Waals surface area contributed by atoms with Gasteiger partial charge in [-0.15, -0.1) is 5.10 Å². The molecule has 0 amide bonds. The summed E-state index contributed by atoms with van der Waals surface area (Å²) < 4.78 is 89.1. The molecule has 0 unspecified atom stereocenters. The molecule has 0 bridgehead atoms. The van der Waals surface area contributed by atoms with E-state index >= 15 is 0 Å². The first kappa shape index (κ1) is 30.5. The van der Waals surface area contributed by atoms with Gasteiger partial charge in [-0.25, -0.2) is 19.0 Å². The van der Waals surface area contributed by atoms with E-state index < -0.39 is 30.1 Å². The molecule has 0 aliphatic carbocycles. The number of rotatable bonds is 3. The van der Waals surface area contributed by atoms with Crippen molar-refractivity contribution in [3.8, 4) is 5.88 Å². The number of carbonyl (C=O) groups is 2. The highest BCUT2D eigenvalue weighted by Crippen LogP contribution is 2.34. The largest absolute Gasteiger partial charge is 0.490 e. The lowest BCUT2D eigenvalue weighted by Gasteiger charge is -2.32. The molecule has 2 saturated heterocycles. The molecule has 2 aliphatic heterocycles. The van der Waals surface area contributed by atoms with Crippen molar-refractivity contribution in [2.75, 3.05) is 18.1 Å². The van der Waals surface area contributed by atoms with Crippen molar-refractivity contribution >= 4 is 17.8 Å². The van der Waals surface area contributed by atoms with E-state index in [1.165, 1.54) is 12.3 Å². The van der Waals surface area contributed by atoms with Crippen LogP contribution in [0.15, 0.2) is 30.5 Å². The number of pyridine rings is 1. The lowest BCUT2D eigenvalue weighted by Crippen LogP contribution is -2.43. The zero-order chi connectivity index (χ0) is 28.7. The molecule has 0 spiro atoms. The topological polar surface area (TPSA) is 135 Å². The van der Waals surface area contributed by atoms with Crippen LogP contribution in [0, 0.1) is 12.7 Å². The van der Waals surface area contributed by atoms with Gasteiger partial charge in [0, 0.05) is 12.8 Å². The van der Waals surface area contributed by atoms with Crippen LogP contribution in [0.4, 0.5) is 36.6 Å². The van der Waals surface area contributed by atoms with Crippen LogP contribution in [-0.2, 0) is 14.3 Å². The number of aryl methyl sites for hydroxylation is 1. The van der Waals surface area contributed by atoms with E-state index in [1.807, 2.05) is 19.1 Å². The minimum Gasteiger partial charge on any atom is -0.475 e. The van der Waals surface area contributed by atoms with Gasteiger partial charge in [0.15, 0.2) is 11.6 Å². The molecular weight excluding hydrogens is 537 g/mol. The minimum atomic E-state index is -5.08. The van der Waals surface area contributed by atoms with Crippen molar-refractivity contribution in [1.82, 2.24) is 15.2 Å². The first-order chi connectivity index (χ1) is 17.6. The maximum absolute atomic E-state index is 13.9. The summed E-state index contributed by atoms with van der Waals surface area (Å²) in [5.74, 6) is -5.15. The molecule has 4 rings (SSSR count). The molecule has 17 heteroatoms. The van der Waals surface area contributed by atoms with Crippen LogP contribution in [-0.4, -0.2) is 81.1 Å². The number of nitrogens with zero attached hydrogens (tertiary/aromatic N) is 4. The fraction of sp³-hybridized carbons (Fsp3) is 0.476. The van der Waals surface area contributed by atoms with Gasteiger partial charge in [0.2, 0.25) is 0 Å². The van der Waals surface area contributed by atoms with Crippen LogP contribution < -0.4 is 9.64 Å². The average Bonchev–Trinajstić information content (AvgIpc) is 3.19. The van der Waals surface area contributed by atoms with Gasteiger partial charge in [-0.3, -0.25) is 0 Å². The maximum atomic E-state index is 13.9. The van der Waals surface area contributed by atoms with Crippen molar-refractivity contribution < 1.29 is 60.0 Å². The molecule has 38 heavy (non-hydrogen) atoms. The molecule has 3 atom stereocenters. The Kier molecular flexibility index (Phi) is 10.1. The fourth-order valence-corrected chi connectivity index (χ4v) is 3.42. The molecule has 2 aromatic rings. The van der Waals surface area contributed by atoms with E-state index in [0.29, 0.717) is 13.2 Å². The first-order valence-electron chi connectivity index (χ1n) is 10.7. The summed E-state index contributed by atoms with van der Waals surface area (Å²) in [6.07, 6.45) is -7.08. The van der Waals surface area contributed by atoms with Crippen molar-refractivity contribution in [1.29, 1.82) is 0 Å². The van der Waals surface area contributed by atoms with Crippen LogP contribution in [0.3, 0.4) is 0 Å². The molecule has 2 aromatic heterocycles. The highest BCUT2D eigenvalue weighted by atomic mass is 19.4. The quantitative estimate of drug-likeness (QED) is 0.540. The number of hydrogen-bond donors (Lipinski definition) is 2. The second-order valence-corrected chi connectivity index (χ2v) is 7.78. The molecule has 0 saturated carbocycles. The van der Waals surface area contributed by atoms with Crippen LogP contribution in [0.25, 0.3) is 0 Å². The van der Waals surface area contributed by atoms with E-state index in [2.05, 4.69) is 20.1 Å². The predicted molar refractivity (Wildman–Crippen MR) is 113 cm³/mol. The van der Waals surface area contributed by atoms with E-state index in [1.54, 1.807) is 6.07 Å². The Bertz CT molecular complexity index is 1060. The molecular formula is C21H21F7N4O6. The number of carboxylic acids is 2. The van der Waals surface area contributed by atoms with E-state index in [4.69, 9.17) is 29.3 Å². The zero-order valence-corrected chi connectivity index (χ0v) is 19.4. The average molecular weight is 558 g/mol. The van der Waals surface area contributed by atoms with Gasteiger partial charge < -0.3 is 24.6 Å². The zero-order valence-electron chi connectivity index (χ0n) is 19.4. The highest BCUT2D eigenvalue weighted by Gasteiger charge is 2.46. The van der Waals surface area contributed by atoms with Crippen molar-refractivity contribution in [2.45, 2.75) is 50.4 Å². The third-order valence-electron chi connectivity index (χ3n) is 5.03. The number of halogens is 7. The van der Waals surface area contributed by atoms with E-state index in [9.17, 15) is 30.7 Å². The Morgan fingerprint density at radius 2 is 1.66 bits per heavy atom. The number of aromatic nitrogens is 3. The first-order valence-corrected chi connectivity index (χ1v) is 10.7. The summed E-state index contributed by atoms with van der Waals surface area (Å²) in [5, 5.41) is 22.7. The maximum Gasteiger partial charge on any atom is 0.490 e. The van der Waals surface area contributed by atoms with Crippen molar-refractivity contribution in [3.05, 3.63) is 42.0 Å². The molecule has 10 nitrogen and oxygen atoms in total. The third kappa shape index (κ3) is 8.67. The Balaban J connectivity index is 0.000000301. The SMILES string of the molecule is Cc1ccc(N2C[C@H](Oc3ncccc3F)[C@H]3OCCC[C@H]32)nn1.O=C(O)C(F)(F)F.O=C(O)C(F)(F)F. The normalized spacial score (nSPS) is 20.7. The molecule has 2 fully saturated rings. The van der Waals surface area contributed by atoms with Crippen molar-refractivity contribution in [2.24, 2.45) is 0 Å². The molecule has 0 radical (unpaired) electrons. The number of alkyl halides is 6. The lowest BCUT2D eigenvalue weighted by atomic mass is 10.0. The summed E-state index contributed by atoms with van der Waals surface area (Å²) >= 11 is 0. The predicted octanol–water partition coefficient (Wildman–Crippen LogP) is 3.40. The molecule has 210 valence electrons. The van der Waals surface area contributed by atoms with Gasteiger partial charge in [0.25, 0.3) is 5.88 Å². The number of fused-ring (bicyclic) bond motifs is 1. The van der Waals surface area contributed by atoms with E-state index in [-0.39, 0.29) is 24.1 Å². The fourth-order valence-electron chi connectivity index (χ4n) is 3.42. The standard InChI is InChI=1S/C17H19FN4O2.2C2HF3O2/c1-11-6-7-15(21-20-11)22-10-14(16-13(22)5-3-9-23-16)24-17-12(18)4-2-8-19-17;2*3-2(4,5)1(6)7/h2,4,6-8,13-14,16H,3,5,9-10H2,1H3;2*(H,6,7)/t13-,14+,16+;;/m1../s1. The summed E-state index contributed by atoms with van der Waals surface area (Å²) in [6, 6.07) is 6.95. The second kappa shape index (κ2) is 12.7. The van der Waals surface area contributed by atoms with Gasteiger partial charge in [-0.05, 0) is 44.0 Å². The molecule has 0 aromatic carbocycles.